The van der Waals surface area contributed by atoms with E-state index in [0.717, 1.165) is 22.2 Å². The van der Waals surface area contributed by atoms with E-state index in [4.69, 9.17) is 15.9 Å². The first-order chi connectivity index (χ1) is 16.1. The third-order valence-corrected chi connectivity index (χ3v) is 5.20. The lowest BCUT2D eigenvalue weighted by Gasteiger charge is -2.20. The van der Waals surface area contributed by atoms with Gasteiger partial charge in [-0.15, -0.1) is 0 Å². The molecule has 1 aromatic heterocycles. The summed E-state index contributed by atoms with van der Waals surface area (Å²) in [5.74, 6) is -1.85. The minimum absolute atomic E-state index is 0.164. The van der Waals surface area contributed by atoms with E-state index < -0.39 is 23.9 Å². The number of nitrogens with two attached hydrogens (primary N) is 1. The van der Waals surface area contributed by atoms with E-state index in [1.807, 2.05) is 30.1 Å². The van der Waals surface area contributed by atoms with Crippen molar-refractivity contribution in [2.75, 3.05) is 17.7 Å². The maximum absolute atomic E-state index is 12.3. The van der Waals surface area contributed by atoms with Gasteiger partial charge in [-0.1, -0.05) is 12.1 Å². The number of carbonyl (C=O) groups excluding carboxylic acids is 1. The summed E-state index contributed by atoms with van der Waals surface area (Å²) in [6.07, 6.45) is -0.499. The van der Waals surface area contributed by atoms with Crippen molar-refractivity contribution in [3.05, 3.63) is 59.4 Å². The van der Waals surface area contributed by atoms with Crippen molar-refractivity contribution in [3.8, 4) is 0 Å². The van der Waals surface area contributed by atoms with E-state index in [2.05, 4.69) is 20.8 Å². The van der Waals surface area contributed by atoms with E-state index in [0.29, 0.717) is 23.8 Å². The Morgan fingerprint density at radius 1 is 1.09 bits per heavy atom. The molecule has 0 unspecified atom stereocenters. The van der Waals surface area contributed by atoms with Crippen LogP contribution in [0.15, 0.2) is 42.5 Å². The van der Waals surface area contributed by atoms with E-state index >= 15 is 0 Å². The zero-order chi connectivity index (χ0) is 24.8. The van der Waals surface area contributed by atoms with Crippen molar-refractivity contribution in [1.29, 1.82) is 0 Å². The van der Waals surface area contributed by atoms with Gasteiger partial charge in [-0.3, -0.25) is 19.8 Å². The Balaban J connectivity index is 1.61. The summed E-state index contributed by atoms with van der Waals surface area (Å²) in [6.45, 7) is 2.36. The van der Waals surface area contributed by atoms with Crippen LogP contribution in [-0.2, 0) is 16.1 Å². The highest BCUT2D eigenvalue weighted by Crippen LogP contribution is 2.25. The maximum atomic E-state index is 12.3. The van der Waals surface area contributed by atoms with Crippen molar-refractivity contribution >= 4 is 40.3 Å². The predicted molar refractivity (Wildman–Crippen MR) is 126 cm³/mol. The van der Waals surface area contributed by atoms with E-state index in [1.54, 1.807) is 31.2 Å². The number of amides is 1. The van der Waals surface area contributed by atoms with Gasteiger partial charge in [0.25, 0.3) is 5.91 Å². The topological polar surface area (TPSA) is 171 Å². The van der Waals surface area contributed by atoms with Crippen LogP contribution >= 0.6 is 0 Å². The molecule has 0 saturated heterocycles. The van der Waals surface area contributed by atoms with Crippen LogP contribution in [0.1, 0.15) is 34.6 Å². The zero-order valence-corrected chi connectivity index (χ0v) is 18.8. The second-order valence-corrected chi connectivity index (χ2v) is 7.83. The number of carboxylic acid groups (broad SMARTS) is 2. The quantitative estimate of drug-likeness (QED) is 0.277. The summed E-state index contributed by atoms with van der Waals surface area (Å²) in [7, 11) is 1.93. The monoisotopic (exact) mass is 466 g/mol. The second-order valence-electron chi connectivity index (χ2n) is 7.83. The molecule has 6 N–H and O–H groups in total. The number of aromatic nitrogens is 2. The van der Waals surface area contributed by atoms with Gasteiger partial charge in [0.2, 0.25) is 0 Å². The Morgan fingerprint density at radius 2 is 1.79 bits per heavy atom. The number of fused-ring (bicyclic) bond motifs is 1. The number of nitrogen functional groups attached to an aromatic ring is 1. The van der Waals surface area contributed by atoms with Gasteiger partial charge in [0.15, 0.2) is 0 Å². The van der Waals surface area contributed by atoms with E-state index in [-0.39, 0.29) is 12.8 Å². The van der Waals surface area contributed by atoms with Crippen LogP contribution in [-0.4, -0.2) is 51.1 Å². The molecule has 1 amide bonds. The van der Waals surface area contributed by atoms with Crippen LogP contribution in [0.5, 0.6) is 0 Å². The smallest absolute Gasteiger partial charge is 0.322 e. The number of carbonyl (C=O) groups is 3. The van der Waals surface area contributed by atoms with E-state index in [1.165, 1.54) is 0 Å². The van der Waals surface area contributed by atoms with Gasteiger partial charge in [-0.25, -0.2) is 15.4 Å². The fourth-order valence-electron chi connectivity index (χ4n) is 3.37. The van der Waals surface area contributed by atoms with Gasteiger partial charge >= 0.3 is 11.9 Å². The molecule has 0 saturated carbocycles. The second kappa shape index (κ2) is 10.6. The molecule has 0 aliphatic heterocycles. The molecule has 0 bridgehead atoms. The standard InChI is InChI=1S/C23H26N6O5/c1-13-25-18-8-7-16(11-17(18)21(24)26-13)29(2)12-14-3-5-15(6-4-14)22(32)28-27-19(23(33)34)9-10-20(30)31/h3-8,11,19,27H,9-10,12H2,1-2H3,(H,28,32)(H,30,31)(H,33,34)(H2,24,25,26)/t19-/m0/s1. The normalized spacial score (nSPS) is 11.7. The Kier molecular flexibility index (Phi) is 7.59. The van der Waals surface area contributed by atoms with Crippen molar-refractivity contribution < 1.29 is 24.6 Å². The lowest BCUT2D eigenvalue weighted by Crippen LogP contribution is -2.48. The fraction of sp³-hybridized carbons (Fsp3) is 0.261. The first-order valence-electron chi connectivity index (χ1n) is 10.5. The molecule has 1 atom stereocenters. The van der Waals surface area contributed by atoms with Crippen LogP contribution in [0, 0.1) is 6.92 Å². The van der Waals surface area contributed by atoms with Gasteiger partial charge in [-0.2, -0.15) is 0 Å². The van der Waals surface area contributed by atoms with Crippen molar-refractivity contribution in [3.63, 3.8) is 0 Å². The number of aryl methyl sites for hydroxylation is 1. The minimum Gasteiger partial charge on any atom is -0.481 e. The molecule has 2 aromatic carbocycles. The van der Waals surface area contributed by atoms with Gasteiger partial charge < -0.3 is 20.8 Å². The van der Waals surface area contributed by atoms with Crippen LogP contribution in [0.4, 0.5) is 11.5 Å². The largest absolute Gasteiger partial charge is 0.481 e. The molecule has 0 aliphatic carbocycles. The molecule has 11 nitrogen and oxygen atoms in total. The number of nitrogens with zero attached hydrogens (tertiary/aromatic N) is 3. The molecule has 0 radical (unpaired) electrons. The van der Waals surface area contributed by atoms with Crippen LogP contribution in [0.2, 0.25) is 0 Å². The number of nitrogens with one attached hydrogen (secondary N) is 2. The molecular weight excluding hydrogens is 440 g/mol. The summed E-state index contributed by atoms with van der Waals surface area (Å²) in [4.78, 5) is 44.8. The van der Waals surface area contributed by atoms with Crippen molar-refractivity contribution in [1.82, 2.24) is 20.8 Å². The van der Waals surface area contributed by atoms with Crippen molar-refractivity contribution in [2.24, 2.45) is 0 Å². The Bertz CT molecular complexity index is 1210. The van der Waals surface area contributed by atoms with Gasteiger partial charge in [-0.05, 0) is 49.2 Å². The number of hydrogen-bond acceptors (Lipinski definition) is 8. The van der Waals surface area contributed by atoms with Gasteiger partial charge in [0.05, 0.1) is 5.52 Å². The third kappa shape index (κ3) is 6.17. The highest BCUT2D eigenvalue weighted by atomic mass is 16.4. The highest BCUT2D eigenvalue weighted by molar-refractivity contribution is 5.94. The molecule has 3 rings (SSSR count). The lowest BCUT2D eigenvalue weighted by atomic mass is 10.1. The van der Waals surface area contributed by atoms with Crippen LogP contribution in [0.3, 0.4) is 0 Å². The minimum atomic E-state index is -1.25. The molecular formula is C23H26N6O5. The Hall–Kier alpha value is -4.25. The van der Waals surface area contributed by atoms with Crippen LogP contribution < -0.4 is 21.5 Å². The number of anilines is 2. The third-order valence-electron chi connectivity index (χ3n) is 5.20. The first kappa shape index (κ1) is 24.4. The SMILES string of the molecule is Cc1nc(N)c2cc(N(C)Cc3ccc(C(=O)NN[C@@H](CCC(=O)O)C(=O)O)cc3)ccc2n1. The van der Waals surface area contributed by atoms with Gasteiger partial charge in [0.1, 0.15) is 17.7 Å². The molecule has 178 valence electrons. The number of hydrogen-bond donors (Lipinski definition) is 5. The first-order valence-corrected chi connectivity index (χ1v) is 10.5. The molecule has 3 aromatic rings. The summed E-state index contributed by atoms with van der Waals surface area (Å²) in [5, 5.41) is 18.6. The number of benzene rings is 2. The number of aliphatic carboxylic acids is 2. The molecule has 1 heterocycles. The number of carboxylic acids is 2. The number of hydrazine groups is 1. The molecule has 0 aliphatic rings. The van der Waals surface area contributed by atoms with Crippen molar-refractivity contribution in [2.45, 2.75) is 32.4 Å². The highest BCUT2D eigenvalue weighted by Gasteiger charge is 2.19. The number of rotatable bonds is 10. The average Bonchev–Trinajstić information content (AvgIpc) is 2.78. The molecule has 11 heteroatoms. The maximum Gasteiger partial charge on any atom is 0.322 e. The van der Waals surface area contributed by atoms with Gasteiger partial charge in [0, 0.05) is 36.7 Å². The summed E-state index contributed by atoms with van der Waals surface area (Å²) >= 11 is 0. The summed E-state index contributed by atoms with van der Waals surface area (Å²) in [5.41, 5.74) is 13.7. The molecule has 0 fully saturated rings. The summed E-state index contributed by atoms with van der Waals surface area (Å²) in [6, 6.07) is 11.4. The Morgan fingerprint density at radius 3 is 2.44 bits per heavy atom. The molecule has 34 heavy (non-hydrogen) atoms. The van der Waals surface area contributed by atoms with Crippen LogP contribution in [0.25, 0.3) is 10.9 Å². The molecule has 0 spiro atoms. The van der Waals surface area contributed by atoms with E-state index in [9.17, 15) is 14.4 Å². The average molecular weight is 466 g/mol. The summed E-state index contributed by atoms with van der Waals surface area (Å²) < 4.78 is 0. The lowest BCUT2D eigenvalue weighted by molar-refractivity contribution is -0.140. The Labute approximate surface area is 195 Å². The predicted octanol–water partition coefficient (Wildman–Crippen LogP) is 1.71. The zero-order valence-electron chi connectivity index (χ0n) is 18.8. The fourth-order valence-corrected chi connectivity index (χ4v) is 3.37.